The molecule has 5 heteroatoms. The van der Waals surface area contributed by atoms with E-state index in [4.69, 9.17) is 4.74 Å². The van der Waals surface area contributed by atoms with Crippen molar-refractivity contribution in [2.75, 3.05) is 0 Å². The molecule has 5 nitrogen and oxygen atoms in total. The molecule has 2 N–H and O–H groups in total. The van der Waals surface area contributed by atoms with E-state index in [9.17, 15) is 14.7 Å². The summed E-state index contributed by atoms with van der Waals surface area (Å²) in [6.45, 7) is 11.1. The molecule has 2 heterocycles. The molecule has 0 unspecified atom stereocenters. The highest BCUT2D eigenvalue weighted by molar-refractivity contribution is 6.01. The summed E-state index contributed by atoms with van der Waals surface area (Å²) in [6.07, 6.45) is 3.95. The molecule has 0 aromatic heterocycles. The number of hydrogen-bond acceptors (Lipinski definition) is 4. The van der Waals surface area contributed by atoms with Crippen LogP contribution in [0.25, 0.3) is 0 Å². The fraction of sp³-hybridized carbons (Fsp3) is 0.765. The Labute approximate surface area is 134 Å². The van der Waals surface area contributed by atoms with E-state index in [1.54, 1.807) is 13.8 Å². The van der Waals surface area contributed by atoms with E-state index in [1.807, 2.05) is 19.9 Å². The molecule has 0 aromatic carbocycles. The zero-order valence-electron chi connectivity index (χ0n) is 13.4. The number of fused-ring (bicyclic) bond motifs is 1. The number of aliphatic hydroxyl groups is 1. The molecule has 0 radical (unpaired) electrons. The number of carbonyl (C=O) groups is 2. The van der Waals surface area contributed by atoms with Crippen LogP contribution in [0.5, 0.6) is 0 Å². The molecule has 1 amide bonds. The van der Waals surface area contributed by atoms with E-state index >= 15 is 0 Å². The van der Waals surface area contributed by atoms with Crippen LogP contribution in [0, 0.1) is 5.92 Å². The summed E-state index contributed by atoms with van der Waals surface area (Å²) in [4.78, 5) is 23.7. The molecule has 0 aromatic rings. The van der Waals surface area contributed by atoms with Gasteiger partial charge in [0.05, 0.1) is 12.0 Å². The van der Waals surface area contributed by atoms with Crippen molar-refractivity contribution >= 4 is 11.9 Å². The average Bonchev–Trinajstić information content (AvgIpc) is 2.64. The second-order valence-electron chi connectivity index (χ2n) is 5.60. The first-order valence-corrected chi connectivity index (χ1v) is 7.74. The van der Waals surface area contributed by atoms with Gasteiger partial charge in [0.15, 0.2) is 5.60 Å². The highest BCUT2D eigenvalue weighted by Gasteiger charge is 2.77. The van der Waals surface area contributed by atoms with Gasteiger partial charge in [-0.15, -0.1) is 6.58 Å². The van der Waals surface area contributed by atoms with Gasteiger partial charge in [-0.25, -0.2) is 4.79 Å². The third-order valence-corrected chi connectivity index (χ3v) is 4.59. The first-order valence-electron chi connectivity index (χ1n) is 7.74. The van der Waals surface area contributed by atoms with Crippen LogP contribution in [0.2, 0.25) is 0 Å². The minimum Gasteiger partial charge on any atom is -0.453 e. The van der Waals surface area contributed by atoms with Crippen molar-refractivity contribution < 1.29 is 19.4 Å². The Balaban J connectivity index is 0.00000141. The van der Waals surface area contributed by atoms with Crippen molar-refractivity contribution in [2.45, 2.75) is 78.0 Å². The van der Waals surface area contributed by atoms with Gasteiger partial charge in [0, 0.05) is 0 Å². The minimum absolute atomic E-state index is 0. The lowest BCUT2D eigenvalue weighted by atomic mass is 9.68. The number of unbranched alkanes of at least 4 members (excludes halogenated alkanes) is 2. The average molecular weight is 313 g/mol. The number of esters is 1. The summed E-state index contributed by atoms with van der Waals surface area (Å²) in [5, 5.41) is 13.0. The predicted molar refractivity (Wildman–Crippen MR) is 87.3 cm³/mol. The van der Waals surface area contributed by atoms with Crippen LogP contribution < -0.4 is 5.32 Å². The van der Waals surface area contributed by atoms with Gasteiger partial charge in [-0.2, -0.15) is 0 Å². The first kappa shape index (κ1) is 20.6. The number of rotatable bonds is 6. The number of carbonyl (C=O) groups excluding carboxylic acids is 2. The SMILES string of the molecule is C.C=CCCCC[C@H](O)[C@@]12NC(=O)[C@H](C)[C@]1(C)OC2=O.CC. The van der Waals surface area contributed by atoms with E-state index in [0.717, 1.165) is 19.3 Å². The van der Waals surface area contributed by atoms with E-state index in [-0.39, 0.29) is 13.3 Å². The van der Waals surface area contributed by atoms with Crippen molar-refractivity contribution in [3.05, 3.63) is 12.7 Å². The van der Waals surface area contributed by atoms with Gasteiger partial charge in [-0.3, -0.25) is 4.79 Å². The van der Waals surface area contributed by atoms with E-state index in [1.165, 1.54) is 0 Å². The number of hydrogen-bond donors (Lipinski definition) is 2. The Morgan fingerprint density at radius 2 is 2.00 bits per heavy atom. The number of allylic oxidation sites excluding steroid dienone is 1. The summed E-state index contributed by atoms with van der Waals surface area (Å²) >= 11 is 0. The molecule has 0 bridgehead atoms. The lowest BCUT2D eigenvalue weighted by molar-refractivity contribution is -0.234. The topological polar surface area (TPSA) is 75.6 Å². The second-order valence-corrected chi connectivity index (χ2v) is 5.60. The molecule has 0 aliphatic carbocycles. The van der Waals surface area contributed by atoms with Crippen LogP contribution in [0.3, 0.4) is 0 Å². The zero-order chi connectivity index (χ0) is 16.3. The highest BCUT2D eigenvalue weighted by atomic mass is 16.6. The van der Waals surface area contributed by atoms with Gasteiger partial charge in [-0.1, -0.05) is 33.8 Å². The van der Waals surface area contributed by atoms with Gasteiger partial charge in [-0.05, 0) is 33.1 Å². The summed E-state index contributed by atoms with van der Waals surface area (Å²) in [5.41, 5.74) is -2.18. The number of nitrogens with one attached hydrogen (secondary N) is 1. The number of aliphatic hydroxyl groups excluding tert-OH is 1. The van der Waals surface area contributed by atoms with Crippen LogP contribution in [-0.2, 0) is 14.3 Å². The number of ether oxygens (including phenoxy) is 1. The summed E-state index contributed by atoms with van der Waals surface area (Å²) in [5.74, 6) is -1.20. The van der Waals surface area contributed by atoms with E-state index in [2.05, 4.69) is 11.9 Å². The van der Waals surface area contributed by atoms with Gasteiger partial charge in [0.1, 0.15) is 0 Å². The molecule has 22 heavy (non-hydrogen) atoms. The van der Waals surface area contributed by atoms with Crippen molar-refractivity contribution in [3.8, 4) is 0 Å². The molecule has 2 saturated heterocycles. The molecule has 0 spiro atoms. The normalized spacial score (nSPS) is 33.0. The highest BCUT2D eigenvalue weighted by Crippen LogP contribution is 2.50. The Morgan fingerprint density at radius 3 is 2.45 bits per heavy atom. The molecule has 2 aliphatic heterocycles. The lowest BCUT2D eigenvalue weighted by Crippen LogP contribution is -2.78. The fourth-order valence-corrected chi connectivity index (χ4v) is 3.06. The second kappa shape index (κ2) is 7.77. The Bertz CT molecular complexity index is 423. The van der Waals surface area contributed by atoms with Gasteiger partial charge in [0.25, 0.3) is 0 Å². The van der Waals surface area contributed by atoms with Crippen LogP contribution in [0.4, 0.5) is 0 Å². The van der Waals surface area contributed by atoms with Crippen LogP contribution in [-0.4, -0.2) is 34.2 Å². The number of amides is 1. The summed E-state index contributed by atoms with van der Waals surface area (Å²) in [6, 6.07) is 0. The van der Waals surface area contributed by atoms with Gasteiger partial charge in [0.2, 0.25) is 11.4 Å². The molecule has 128 valence electrons. The zero-order valence-corrected chi connectivity index (χ0v) is 13.4. The van der Waals surface area contributed by atoms with Crippen LogP contribution in [0.1, 0.15) is 60.8 Å². The van der Waals surface area contributed by atoms with Crippen molar-refractivity contribution in [1.29, 1.82) is 0 Å². The molecular weight excluding hydrogens is 282 g/mol. The molecule has 2 rings (SSSR count). The van der Waals surface area contributed by atoms with Crippen LogP contribution >= 0.6 is 0 Å². The Kier molecular flexibility index (Phi) is 7.29. The smallest absolute Gasteiger partial charge is 0.339 e. The monoisotopic (exact) mass is 313 g/mol. The maximum atomic E-state index is 11.8. The quantitative estimate of drug-likeness (QED) is 0.449. The Morgan fingerprint density at radius 1 is 1.41 bits per heavy atom. The van der Waals surface area contributed by atoms with Crippen LogP contribution in [0.15, 0.2) is 12.7 Å². The van der Waals surface area contributed by atoms with E-state index < -0.39 is 29.1 Å². The van der Waals surface area contributed by atoms with E-state index in [0.29, 0.717) is 6.42 Å². The van der Waals surface area contributed by atoms with Crippen molar-refractivity contribution in [1.82, 2.24) is 5.32 Å². The predicted octanol–water partition coefficient (Wildman–Crippen LogP) is 2.58. The third-order valence-electron chi connectivity index (χ3n) is 4.59. The lowest BCUT2D eigenvalue weighted by Gasteiger charge is -2.52. The van der Waals surface area contributed by atoms with Crippen molar-refractivity contribution in [2.24, 2.45) is 5.92 Å². The largest absolute Gasteiger partial charge is 0.453 e. The summed E-state index contributed by atoms with van der Waals surface area (Å²) < 4.78 is 5.19. The Hall–Kier alpha value is -1.36. The van der Waals surface area contributed by atoms with Gasteiger partial charge >= 0.3 is 5.97 Å². The molecular formula is C17H31NO4. The van der Waals surface area contributed by atoms with Gasteiger partial charge < -0.3 is 15.2 Å². The standard InChI is InChI=1S/C14H21NO4.C2H6.CH4/c1-4-5-6-7-8-10(16)14-12(18)19-13(14,3)9(2)11(17)15-14;1-2;/h4,9-10,16H,1,5-8H2,2-3H3,(H,15,17);1-2H3;1H4/t9-,10-,13-,14-;;/m0../s1. The summed E-state index contributed by atoms with van der Waals surface area (Å²) in [7, 11) is 0. The molecule has 4 atom stereocenters. The third kappa shape index (κ3) is 2.78. The fourth-order valence-electron chi connectivity index (χ4n) is 3.06. The molecule has 0 saturated carbocycles. The molecule has 2 fully saturated rings. The molecule has 2 aliphatic rings. The minimum atomic E-state index is -1.25. The first-order chi connectivity index (χ1) is 9.90. The van der Waals surface area contributed by atoms with Crippen molar-refractivity contribution in [3.63, 3.8) is 0 Å². The maximum absolute atomic E-state index is 11.8. The maximum Gasteiger partial charge on any atom is 0.339 e.